The van der Waals surface area contributed by atoms with Crippen molar-refractivity contribution in [3.8, 4) is 0 Å². The molecule has 0 radical (unpaired) electrons. The summed E-state index contributed by atoms with van der Waals surface area (Å²) in [6.45, 7) is 5.24. The SMILES string of the molecule is CCN(CC(=O)Nc1cc(Cl)ccc1C)CC(=O)N1CCC(c2ccccc2)=N1. The van der Waals surface area contributed by atoms with Crippen LogP contribution < -0.4 is 5.32 Å². The normalized spacial score (nSPS) is 13.5. The first-order valence-electron chi connectivity index (χ1n) is 9.68. The van der Waals surface area contributed by atoms with E-state index in [4.69, 9.17) is 11.6 Å². The van der Waals surface area contributed by atoms with Crippen LogP contribution in [0.2, 0.25) is 5.02 Å². The first-order valence-corrected chi connectivity index (χ1v) is 10.1. The molecular formula is C22H25ClN4O2. The quantitative estimate of drug-likeness (QED) is 0.756. The Morgan fingerprint density at radius 2 is 1.93 bits per heavy atom. The standard InChI is InChI=1S/C22H25ClN4O2/c1-3-26(14-21(28)24-20-13-18(23)10-9-16(20)2)15-22(29)27-12-11-19(25-27)17-7-5-4-6-8-17/h4-10,13H,3,11-12,14-15H2,1-2H3,(H,24,28). The summed E-state index contributed by atoms with van der Waals surface area (Å²) in [6, 6.07) is 15.2. The fourth-order valence-electron chi connectivity index (χ4n) is 3.14. The third-order valence-electron chi connectivity index (χ3n) is 4.84. The molecule has 1 N–H and O–H groups in total. The number of likely N-dealkylation sites (N-methyl/N-ethyl adjacent to an activating group) is 1. The Labute approximate surface area is 176 Å². The molecule has 1 heterocycles. The monoisotopic (exact) mass is 412 g/mol. The second-order valence-corrected chi connectivity index (χ2v) is 7.43. The van der Waals surface area contributed by atoms with E-state index in [1.54, 1.807) is 17.0 Å². The van der Waals surface area contributed by atoms with Crippen LogP contribution in [0.15, 0.2) is 53.6 Å². The predicted molar refractivity (Wildman–Crippen MR) is 116 cm³/mol. The van der Waals surface area contributed by atoms with Gasteiger partial charge in [0.15, 0.2) is 0 Å². The van der Waals surface area contributed by atoms with E-state index >= 15 is 0 Å². The van der Waals surface area contributed by atoms with Crippen LogP contribution in [-0.4, -0.2) is 53.6 Å². The molecule has 3 rings (SSSR count). The van der Waals surface area contributed by atoms with Gasteiger partial charge in [0.25, 0.3) is 5.91 Å². The topological polar surface area (TPSA) is 65.0 Å². The third kappa shape index (κ3) is 5.65. The van der Waals surface area contributed by atoms with Crippen molar-refractivity contribution < 1.29 is 9.59 Å². The molecule has 1 aliphatic rings. The van der Waals surface area contributed by atoms with Gasteiger partial charge in [-0.25, -0.2) is 5.01 Å². The van der Waals surface area contributed by atoms with Gasteiger partial charge in [0.2, 0.25) is 5.91 Å². The molecule has 0 aliphatic carbocycles. The molecule has 2 amide bonds. The van der Waals surface area contributed by atoms with Crippen molar-refractivity contribution in [2.45, 2.75) is 20.3 Å². The molecule has 0 spiro atoms. The van der Waals surface area contributed by atoms with Gasteiger partial charge in [0.1, 0.15) is 0 Å². The molecule has 0 saturated carbocycles. The number of hydrogen-bond acceptors (Lipinski definition) is 4. The minimum Gasteiger partial charge on any atom is -0.325 e. The largest absolute Gasteiger partial charge is 0.325 e. The second kappa shape index (κ2) is 9.67. The molecule has 0 saturated heterocycles. The highest BCUT2D eigenvalue weighted by molar-refractivity contribution is 6.31. The van der Waals surface area contributed by atoms with Gasteiger partial charge in [0, 0.05) is 17.1 Å². The number of carbonyl (C=O) groups is 2. The molecule has 29 heavy (non-hydrogen) atoms. The Morgan fingerprint density at radius 3 is 2.66 bits per heavy atom. The highest BCUT2D eigenvalue weighted by Crippen LogP contribution is 2.20. The number of hydrogen-bond donors (Lipinski definition) is 1. The molecule has 0 fully saturated rings. The van der Waals surface area contributed by atoms with Gasteiger partial charge in [-0.3, -0.25) is 14.5 Å². The number of halogens is 1. The lowest BCUT2D eigenvalue weighted by Gasteiger charge is -2.21. The van der Waals surface area contributed by atoms with Crippen molar-refractivity contribution in [1.82, 2.24) is 9.91 Å². The molecule has 2 aromatic carbocycles. The lowest BCUT2D eigenvalue weighted by atomic mass is 10.1. The van der Waals surface area contributed by atoms with Crippen LogP contribution in [0.1, 0.15) is 24.5 Å². The van der Waals surface area contributed by atoms with E-state index in [1.807, 2.05) is 50.2 Å². The highest BCUT2D eigenvalue weighted by atomic mass is 35.5. The van der Waals surface area contributed by atoms with Crippen molar-refractivity contribution in [3.05, 3.63) is 64.7 Å². The van der Waals surface area contributed by atoms with Crippen LogP contribution >= 0.6 is 11.6 Å². The number of aryl methyl sites for hydroxylation is 1. The summed E-state index contributed by atoms with van der Waals surface area (Å²) in [5.41, 5.74) is 3.56. The molecule has 152 valence electrons. The van der Waals surface area contributed by atoms with E-state index in [2.05, 4.69) is 10.4 Å². The van der Waals surface area contributed by atoms with Crippen molar-refractivity contribution in [1.29, 1.82) is 0 Å². The smallest absolute Gasteiger partial charge is 0.256 e. The number of benzene rings is 2. The first kappa shape index (κ1) is 21.0. The third-order valence-corrected chi connectivity index (χ3v) is 5.08. The second-order valence-electron chi connectivity index (χ2n) is 6.99. The average Bonchev–Trinajstić information content (AvgIpc) is 3.21. The Bertz CT molecular complexity index is 914. The maximum absolute atomic E-state index is 12.7. The predicted octanol–water partition coefficient (Wildman–Crippen LogP) is 3.55. The van der Waals surface area contributed by atoms with Gasteiger partial charge in [-0.05, 0) is 36.7 Å². The molecular weight excluding hydrogens is 388 g/mol. The van der Waals surface area contributed by atoms with E-state index in [-0.39, 0.29) is 24.9 Å². The van der Waals surface area contributed by atoms with Crippen molar-refractivity contribution >= 4 is 34.8 Å². The summed E-state index contributed by atoms with van der Waals surface area (Å²) < 4.78 is 0. The zero-order chi connectivity index (χ0) is 20.8. The molecule has 6 nitrogen and oxygen atoms in total. The number of nitrogens with zero attached hydrogens (tertiary/aromatic N) is 3. The Hall–Kier alpha value is -2.70. The van der Waals surface area contributed by atoms with Crippen molar-refractivity contribution in [2.75, 3.05) is 31.5 Å². The van der Waals surface area contributed by atoms with Gasteiger partial charge >= 0.3 is 0 Å². The number of amides is 2. The number of anilines is 1. The minimum absolute atomic E-state index is 0.107. The Kier molecular flexibility index (Phi) is 7.01. The number of carbonyl (C=O) groups excluding carboxylic acids is 2. The molecule has 0 aromatic heterocycles. The lowest BCUT2D eigenvalue weighted by Crippen LogP contribution is -2.41. The summed E-state index contributed by atoms with van der Waals surface area (Å²) in [5, 5.41) is 9.41. The first-order chi connectivity index (χ1) is 14.0. The van der Waals surface area contributed by atoms with Gasteiger partial charge in [-0.2, -0.15) is 5.10 Å². The summed E-state index contributed by atoms with van der Waals surface area (Å²) in [4.78, 5) is 26.9. The molecule has 0 unspecified atom stereocenters. The van der Waals surface area contributed by atoms with Crippen molar-refractivity contribution in [2.24, 2.45) is 5.10 Å². The van der Waals surface area contributed by atoms with Gasteiger partial charge in [0.05, 0.1) is 25.3 Å². The zero-order valence-electron chi connectivity index (χ0n) is 16.7. The fraction of sp³-hybridized carbons (Fsp3) is 0.318. The molecule has 1 aliphatic heterocycles. The summed E-state index contributed by atoms with van der Waals surface area (Å²) >= 11 is 6.01. The average molecular weight is 413 g/mol. The van der Waals surface area contributed by atoms with Gasteiger partial charge in [-0.1, -0.05) is 54.9 Å². The van der Waals surface area contributed by atoms with Gasteiger partial charge < -0.3 is 5.32 Å². The maximum atomic E-state index is 12.7. The van der Waals surface area contributed by atoms with Crippen LogP contribution in [-0.2, 0) is 9.59 Å². The summed E-state index contributed by atoms with van der Waals surface area (Å²) in [5.74, 6) is -0.288. The van der Waals surface area contributed by atoms with Crippen LogP contribution in [0.5, 0.6) is 0 Å². The van der Waals surface area contributed by atoms with Crippen LogP contribution in [0.3, 0.4) is 0 Å². The Balaban J connectivity index is 1.57. The van der Waals surface area contributed by atoms with E-state index in [0.717, 1.165) is 23.3 Å². The van der Waals surface area contributed by atoms with E-state index in [1.165, 1.54) is 5.01 Å². The van der Waals surface area contributed by atoms with Crippen LogP contribution in [0.25, 0.3) is 0 Å². The number of hydrazone groups is 1. The molecule has 0 bridgehead atoms. The molecule has 2 aromatic rings. The van der Waals surface area contributed by atoms with Crippen LogP contribution in [0, 0.1) is 6.92 Å². The van der Waals surface area contributed by atoms with Crippen molar-refractivity contribution in [3.63, 3.8) is 0 Å². The summed E-state index contributed by atoms with van der Waals surface area (Å²) in [6.07, 6.45) is 0.733. The fourth-order valence-corrected chi connectivity index (χ4v) is 3.32. The summed E-state index contributed by atoms with van der Waals surface area (Å²) in [7, 11) is 0. The van der Waals surface area contributed by atoms with E-state index in [9.17, 15) is 9.59 Å². The Morgan fingerprint density at radius 1 is 1.17 bits per heavy atom. The lowest BCUT2D eigenvalue weighted by molar-refractivity contribution is -0.132. The molecule has 7 heteroatoms. The highest BCUT2D eigenvalue weighted by Gasteiger charge is 2.23. The van der Waals surface area contributed by atoms with E-state index < -0.39 is 0 Å². The van der Waals surface area contributed by atoms with Crippen LogP contribution in [0.4, 0.5) is 5.69 Å². The molecule has 0 atom stereocenters. The zero-order valence-corrected chi connectivity index (χ0v) is 17.4. The minimum atomic E-state index is -0.181. The number of nitrogens with one attached hydrogen (secondary N) is 1. The number of rotatable bonds is 7. The van der Waals surface area contributed by atoms with Gasteiger partial charge in [-0.15, -0.1) is 0 Å². The van der Waals surface area contributed by atoms with E-state index in [0.29, 0.717) is 23.8 Å². The maximum Gasteiger partial charge on any atom is 0.256 e.